The van der Waals surface area contributed by atoms with Gasteiger partial charge in [-0.3, -0.25) is 4.98 Å². The van der Waals surface area contributed by atoms with Crippen LogP contribution in [0.15, 0.2) is 22.1 Å². The highest BCUT2D eigenvalue weighted by Gasteiger charge is 1.91. The average Bonchev–Trinajstić information content (AvgIpc) is 2.05. The van der Waals surface area contributed by atoms with Crippen molar-refractivity contribution in [2.24, 2.45) is 0 Å². The summed E-state index contributed by atoms with van der Waals surface area (Å²) >= 11 is 7.35. The van der Waals surface area contributed by atoms with E-state index in [9.17, 15) is 0 Å². The van der Waals surface area contributed by atoms with Crippen molar-refractivity contribution in [3.63, 3.8) is 0 Å². The lowest BCUT2D eigenvalue weighted by molar-refractivity contribution is 1.03. The zero-order valence-electron chi connectivity index (χ0n) is 6.79. The molecular formula is C9H10BrNS. The van der Waals surface area contributed by atoms with Gasteiger partial charge in [-0.2, -0.15) is 0 Å². The first-order chi connectivity index (χ1) is 5.72. The molecule has 64 valence electrons. The second-order valence-electron chi connectivity index (χ2n) is 2.40. The normalized spacial score (nSPS) is 11.8. The minimum atomic E-state index is 0.813. The fourth-order valence-corrected chi connectivity index (χ4v) is 1.28. The van der Waals surface area contributed by atoms with Crippen LogP contribution in [0.2, 0.25) is 0 Å². The van der Waals surface area contributed by atoms with Crippen LogP contribution in [0.1, 0.15) is 18.2 Å². The Morgan fingerprint density at radius 1 is 1.67 bits per heavy atom. The molecule has 1 aromatic heterocycles. The lowest BCUT2D eigenvalue weighted by Crippen LogP contribution is -1.85. The van der Waals surface area contributed by atoms with Gasteiger partial charge in [0.1, 0.15) is 0 Å². The zero-order chi connectivity index (χ0) is 8.97. The number of nitrogens with zero attached hydrogens (tertiary/aromatic N) is 1. The van der Waals surface area contributed by atoms with Crippen LogP contribution in [0, 0.1) is 0 Å². The molecule has 0 unspecified atom stereocenters. The Bertz CT molecular complexity index is 275. The summed E-state index contributed by atoms with van der Waals surface area (Å²) in [4.78, 5) is 4.25. The van der Waals surface area contributed by atoms with Crippen LogP contribution in [0.3, 0.4) is 0 Å². The number of halogens is 1. The minimum Gasteiger partial charge on any atom is -0.261 e. The first kappa shape index (κ1) is 9.81. The highest BCUT2D eigenvalue weighted by molar-refractivity contribution is 9.13. The predicted molar refractivity (Wildman–Crippen MR) is 59.5 cm³/mol. The number of hydrogen-bond acceptors (Lipinski definition) is 2. The van der Waals surface area contributed by atoms with Gasteiger partial charge in [-0.1, -0.05) is 13.0 Å². The molecule has 1 nitrogen and oxygen atoms in total. The monoisotopic (exact) mass is 243 g/mol. The Kier molecular flexibility index (Phi) is 3.82. The maximum atomic E-state index is 4.25. The molecule has 0 aliphatic rings. The van der Waals surface area contributed by atoms with E-state index in [1.807, 2.05) is 24.4 Å². The molecule has 1 rings (SSSR count). The summed E-state index contributed by atoms with van der Waals surface area (Å²) in [5.74, 6) is 0. The Hall–Kier alpha value is -0.280. The molecule has 0 spiro atoms. The molecule has 0 radical (unpaired) electrons. The van der Waals surface area contributed by atoms with Crippen LogP contribution in [0.5, 0.6) is 0 Å². The Morgan fingerprint density at radius 3 is 2.83 bits per heavy atom. The van der Waals surface area contributed by atoms with Crippen molar-refractivity contribution in [1.82, 2.24) is 4.98 Å². The molecule has 0 amide bonds. The van der Waals surface area contributed by atoms with Gasteiger partial charge in [-0.05, 0) is 40.1 Å². The van der Waals surface area contributed by atoms with Crippen LogP contribution >= 0.6 is 28.6 Å². The van der Waals surface area contributed by atoms with E-state index in [-0.39, 0.29) is 0 Å². The van der Waals surface area contributed by atoms with Gasteiger partial charge < -0.3 is 0 Å². The first-order valence-corrected chi connectivity index (χ1v) is 4.97. The van der Waals surface area contributed by atoms with E-state index in [4.69, 9.17) is 0 Å². The van der Waals surface area contributed by atoms with Gasteiger partial charge in [0.05, 0.1) is 0 Å². The number of rotatable bonds is 2. The van der Waals surface area contributed by atoms with E-state index in [1.165, 1.54) is 0 Å². The molecular weight excluding hydrogens is 234 g/mol. The quantitative estimate of drug-likeness (QED) is 0.788. The maximum absolute atomic E-state index is 4.25. The minimum absolute atomic E-state index is 0.813. The summed E-state index contributed by atoms with van der Waals surface area (Å²) in [6, 6.07) is 4.05. The number of hydrogen-bond donors (Lipinski definition) is 1. The molecule has 0 saturated carbocycles. The molecule has 0 N–H and O–H groups in total. The largest absolute Gasteiger partial charge is 0.261 e. The Morgan fingerprint density at radius 2 is 2.42 bits per heavy atom. The first-order valence-electron chi connectivity index (χ1n) is 3.73. The van der Waals surface area contributed by atoms with Crippen LogP contribution in [0.25, 0.3) is 6.08 Å². The number of aromatic nitrogens is 1. The number of pyridine rings is 1. The number of thiol groups is 1. The van der Waals surface area contributed by atoms with Crippen molar-refractivity contribution in [3.8, 4) is 0 Å². The van der Waals surface area contributed by atoms with Gasteiger partial charge in [0.25, 0.3) is 0 Å². The van der Waals surface area contributed by atoms with E-state index >= 15 is 0 Å². The van der Waals surface area contributed by atoms with Crippen molar-refractivity contribution in [2.75, 3.05) is 0 Å². The van der Waals surface area contributed by atoms with Gasteiger partial charge in [0.2, 0.25) is 0 Å². The van der Waals surface area contributed by atoms with Crippen molar-refractivity contribution in [2.45, 2.75) is 13.3 Å². The van der Waals surface area contributed by atoms with E-state index in [2.05, 4.69) is 40.5 Å². The third-order valence-corrected chi connectivity index (χ3v) is 1.85. The summed E-state index contributed by atoms with van der Waals surface area (Å²) in [6.45, 7) is 2.09. The molecule has 3 heteroatoms. The lowest BCUT2D eigenvalue weighted by atomic mass is 10.2. The Labute approximate surface area is 86.4 Å². The van der Waals surface area contributed by atoms with Gasteiger partial charge >= 0.3 is 0 Å². The van der Waals surface area contributed by atoms with Gasteiger partial charge in [-0.15, -0.1) is 12.6 Å². The molecule has 0 saturated heterocycles. The van der Waals surface area contributed by atoms with E-state index in [0.717, 1.165) is 21.5 Å². The smallest absolute Gasteiger partial charge is 0.0478 e. The third-order valence-electron chi connectivity index (χ3n) is 1.50. The SMILES string of the molecule is CCc1ccc(/C=C(\S)Br)cn1. The molecule has 0 aromatic carbocycles. The van der Waals surface area contributed by atoms with Crippen molar-refractivity contribution in [3.05, 3.63) is 33.4 Å². The molecule has 0 aliphatic heterocycles. The molecule has 0 aliphatic carbocycles. The maximum Gasteiger partial charge on any atom is 0.0478 e. The van der Waals surface area contributed by atoms with E-state index in [1.54, 1.807) is 0 Å². The van der Waals surface area contributed by atoms with Crippen LogP contribution in [-0.4, -0.2) is 4.98 Å². The van der Waals surface area contributed by atoms with Crippen LogP contribution in [-0.2, 0) is 6.42 Å². The fraction of sp³-hybridized carbons (Fsp3) is 0.222. The molecule has 0 fully saturated rings. The van der Waals surface area contributed by atoms with Gasteiger partial charge in [0.15, 0.2) is 0 Å². The number of aryl methyl sites for hydroxylation is 1. The van der Waals surface area contributed by atoms with Crippen LogP contribution < -0.4 is 0 Å². The van der Waals surface area contributed by atoms with Gasteiger partial charge in [-0.25, -0.2) is 0 Å². The summed E-state index contributed by atoms with van der Waals surface area (Å²) in [5, 5.41) is 0. The van der Waals surface area contributed by atoms with Crippen LogP contribution in [0.4, 0.5) is 0 Å². The van der Waals surface area contributed by atoms with Gasteiger partial charge in [0, 0.05) is 15.7 Å². The highest BCUT2D eigenvalue weighted by Crippen LogP contribution is 2.14. The zero-order valence-corrected chi connectivity index (χ0v) is 9.27. The molecule has 0 atom stereocenters. The standard InChI is InChI=1S/C9H10BrNS/c1-2-8-4-3-7(6-11-8)5-9(10)12/h3-6,12H,2H2,1H3/b9-5-. The van der Waals surface area contributed by atoms with Crippen molar-refractivity contribution in [1.29, 1.82) is 0 Å². The fourth-order valence-electron chi connectivity index (χ4n) is 0.868. The second-order valence-corrected chi connectivity index (χ2v) is 4.35. The van der Waals surface area contributed by atoms with Crippen molar-refractivity contribution >= 4 is 34.6 Å². The summed E-state index contributed by atoms with van der Waals surface area (Å²) in [5.41, 5.74) is 2.18. The summed E-state index contributed by atoms with van der Waals surface area (Å²) in [6.07, 6.45) is 4.73. The van der Waals surface area contributed by atoms with E-state index in [0.29, 0.717) is 0 Å². The molecule has 1 aromatic rings. The highest BCUT2D eigenvalue weighted by atomic mass is 79.9. The second kappa shape index (κ2) is 4.67. The molecule has 12 heavy (non-hydrogen) atoms. The lowest BCUT2D eigenvalue weighted by Gasteiger charge is -1.96. The summed E-state index contributed by atoms with van der Waals surface area (Å²) in [7, 11) is 0. The van der Waals surface area contributed by atoms with E-state index < -0.39 is 0 Å². The topological polar surface area (TPSA) is 12.9 Å². The van der Waals surface area contributed by atoms with Crippen molar-refractivity contribution < 1.29 is 0 Å². The molecule has 1 heterocycles. The predicted octanol–water partition coefficient (Wildman–Crippen LogP) is 3.27. The Balaban J connectivity index is 2.85. The average molecular weight is 244 g/mol. The third kappa shape index (κ3) is 2.99. The summed E-state index contributed by atoms with van der Waals surface area (Å²) < 4.78 is 0.813. The molecule has 0 bridgehead atoms.